The van der Waals surface area contributed by atoms with Gasteiger partial charge in [-0.3, -0.25) is 4.79 Å². The summed E-state index contributed by atoms with van der Waals surface area (Å²) in [5, 5.41) is 2.91. The standard InChI is InChI=1S/C18H21NO2/c1-13-8-10-17(11-9-13)21-15(3)18(20)19-12-16-7-5-4-6-14(16)2/h4-11,15H,12H2,1-3H3,(H,19,20)/t15-/m1/s1. The SMILES string of the molecule is Cc1ccc(O[C@H](C)C(=O)NCc2ccccc2C)cc1. The molecule has 0 aliphatic heterocycles. The second-order valence-electron chi connectivity index (χ2n) is 5.22. The maximum Gasteiger partial charge on any atom is 0.261 e. The van der Waals surface area contributed by atoms with E-state index in [0.29, 0.717) is 12.3 Å². The van der Waals surface area contributed by atoms with Crippen molar-refractivity contribution in [2.24, 2.45) is 0 Å². The van der Waals surface area contributed by atoms with Crippen molar-refractivity contribution in [3.63, 3.8) is 0 Å². The number of nitrogens with one attached hydrogen (secondary N) is 1. The number of aryl methyl sites for hydroxylation is 2. The minimum atomic E-state index is -0.517. The van der Waals surface area contributed by atoms with E-state index in [-0.39, 0.29) is 5.91 Å². The molecule has 3 heteroatoms. The Morgan fingerprint density at radius 3 is 2.43 bits per heavy atom. The maximum atomic E-state index is 12.1. The lowest BCUT2D eigenvalue weighted by Crippen LogP contribution is -2.36. The molecule has 110 valence electrons. The number of hydrogen-bond acceptors (Lipinski definition) is 2. The molecule has 0 unspecified atom stereocenters. The molecule has 21 heavy (non-hydrogen) atoms. The van der Waals surface area contributed by atoms with Gasteiger partial charge in [-0.2, -0.15) is 0 Å². The van der Waals surface area contributed by atoms with Crippen molar-refractivity contribution in [3.05, 3.63) is 65.2 Å². The molecule has 0 radical (unpaired) electrons. The molecule has 0 saturated heterocycles. The molecular weight excluding hydrogens is 262 g/mol. The van der Waals surface area contributed by atoms with E-state index < -0.39 is 6.10 Å². The van der Waals surface area contributed by atoms with Crippen molar-refractivity contribution in [3.8, 4) is 5.75 Å². The summed E-state index contributed by atoms with van der Waals surface area (Å²) in [4.78, 5) is 12.1. The van der Waals surface area contributed by atoms with Gasteiger partial charge in [-0.25, -0.2) is 0 Å². The molecule has 1 amide bonds. The van der Waals surface area contributed by atoms with Crippen LogP contribution in [0.3, 0.4) is 0 Å². The van der Waals surface area contributed by atoms with Gasteiger partial charge < -0.3 is 10.1 Å². The predicted octanol–water partition coefficient (Wildman–Crippen LogP) is 3.39. The Morgan fingerprint density at radius 2 is 1.76 bits per heavy atom. The van der Waals surface area contributed by atoms with Crippen LogP contribution in [0.5, 0.6) is 5.75 Å². The van der Waals surface area contributed by atoms with Crippen LogP contribution in [0.4, 0.5) is 0 Å². The van der Waals surface area contributed by atoms with Crippen LogP contribution in [0, 0.1) is 13.8 Å². The van der Waals surface area contributed by atoms with Gasteiger partial charge in [0.05, 0.1) is 0 Å². The van der Waals surface area contributed by atoms with Crippen LogP contribution in [-0.2, 0) is 11.3 Å². The fourth-order valence-corrected chi connectivity index (χ4v) is 2.01. The van der Waals surface area contributed by atoms with Crippen molar-refractivity contribution in [1.29, 1.82) is 0 Å². The summed E-state index contributed by atoms with van der Waals surface area (Å²) in [6.45, 7) is 6.33. The van der Waals surface area contributed by atoms with Gasteiger partial charge >= 0.3 is 0 Å². The Hall–Kier alpha value is -2.29. The van der Waals surface area contributed by atoms with Crippen molar-refractivity contribution >= 4 is 5.91 Å². The molecule has 0 heterocycles. The molecule has 1 N–H and O–H groups in total. The third kappa shape index (κ3) is 4.35. The second kappa shape index (κ2) is 6.93. The number of ether oxygens (including phenoxy) is 1. The number of hydrogen-bond donors (Lipinski definition) is 1. The first-order valence-electron chi connectivity index (χ1n) is 7.12. The van der Waals surface area contributed by atoms with Crippen LogP contribution in [0.15, 0.2) is 48.5 Å². The summed E-state index contributed by atoms with van der Waals surface area (Å²) in [5.41, 5.74) is 3.46. The monoisotopic (exact) mass is 283 g/mol. The van der Waals surface area contributed by atoms with Gasteiger partial charge in [0, 0.05) is 6.54 Å². The van der Waals surface area contributed by atoms with Crippen molar-refractivity contribution < 1.29 is 9.53 Å². The van der Waals surface area contributed by atoms with Gasteiger partial charge in [0.15, 0.2) is 6.10 Å². The van der Waals surface area contributed by atoms with E-state index in [2.05, 4.69) is 5.32 Å². The second-order valence-corrected chi connectivity index (χ2v) is 5.22. The van der Waals surface area contributed by atoms with Crippen LogP contribution in [0.1, 0.15) is 23.6 Å². The molecule has 2 aromatic carbocycles. The van der Waals surface area contributed by atoms with Gasteiger partial charge in [0.1, 0.15) is 5.75 Å². The van der Waals surface area contributed by atoms with Crippen molar-refractivity contribution in [2.45, 2.75) is 33.4 Å². The highest BCUT2D eigenvalue weighted by molar-refractivity contribution is 5.80. The summed E-state index contributed by atoms with van der Waals surface area (Å²) in [6.07, 6.45) is -0.517. The number of rotatable bonds is 5. The maximum absolute atomic E-state index is 12.1. The Balaban J connectivity index is 1.88. The first-order chi connectivity index (χ1) is 10.1. The molecule has 3 nitrogen and oxygen atoms in total. The van der Waals surface area contributed by atoms with Gasteiger partial charge in [0.2, 0.25) is 0 Å². The summed E-state index contributed by atoms with van der Waals surface area (Å²) in [6, 6.07) is 15.7. The molecule has 0 aliphatic carbocycles. The molecule has 0 bridgehead atoms. The smallest absolute Gasteiger partial charge is 0.261 e. The van der Waals surface area contributed by atoms with Gasteiger partial charge in [-0.15, -0.1) is 0 Å². The van der Waals surface area contributed by atoms with E-state index in [1.165, 1.54) is 11.1 Å². The third-order valence-corrected chi connectivity index (χ3v) is 3.42. The minimum absolute atomic E-state index is 0.112. The van der Waals surface area contributed by atoms with Crippen LogP contribution in [-0.4, -0.2) is 12.0 Å². The Kier molecular flexibility index (Phi) is 4.99. The average Bonchev–Trinajstić information content (AvgIpc) is 2.48. The molecule has 0 aromatic heterocycles. The quantitative estimate of drug-likeness (QED) is 0.913. The molecule has 2 rings (SSSR count). The summed E-state index contributed by atoms with van der Waals surface area (Å²) in [5.74, 6) is 0.595. The normalized spacial score (nSPS) is 11.8. The Labute approximate surface area is 126 Å². The molecule has 0 aliphatic rings. The third-order valence-electron chi connectivity index (χ3n) is 3.42. The number of amides is 1. The summed E-state index contributed by atoms with van der Waals surface area (Å²) < 4.78 is 5.64. The lowest BCUT2D eigenvalue weighted by atomic mass is 10.1. The largest absolute Gasteiger partial charge is 0.481 e. The highest BCUT2D eigenvalue weighted by Crippen LogP contribution is 2.13. The van der Waals surface area contributed by atoms with Gasteiger partial charge in [-0.05, 0) is 44.0 Å². The zero-order valence-corrected chi connectivity index (χ0v) is 12.7. The molecule has 0 saturated carbocycles. The Bertz CT molecular complexity index is 605. The minimum Gasteiger partial charge on any atom is -0.481 e. The van der Waals surface area contributed by atoms with E-state index in [9.17, 15) is 4.79 Å². The van der Waals surface area contributed by atoms with Crippen LogP contribution in [0.2, 0.25) is 0 Å². The number of benzene rings is 2. The first kappa shape index (κ1) is 15.1. The predicted molar refractivity (Wildman–Crippen MR) is 84.3 cm³/mol. The summed E-state index contributed by atoms with van der Waals surface area (Å²) in [7, 11) is 0. The number of carbonyl (C=O) groups excluding carboxylic acids is 1. The lowest BCUT2D eigenvalue weighted by Gasteiger charge is -2.15. The highest BCUT2D eigenvalue weighted by atomic mass is 16.5. The molecule has 1 atom stereocenters. The van der Waals surface area contributed by atoms with E-state index in [1.54, 1.807) is 6.92 Å². The van der Waals surface area contributed by atoms with E-state index in [1.807, 2.05) is 62.4 Å². The lowest BCUT2D eigenvalue weighted by molar-refractivity contribution is -0.127. The molecule has 0 spiro atoms. The highest BCUT2D eigenvalue weighted by Gasteiger charge is 2.14. The van der Waals surface area contributed by atoms with E-state index in [4.69, 9.17) is 4.74 Å². The van der Waals surface area contributed by atoms with Crippen LogP contribution < -0.4 is 10.1 Å². The number of carbonyl (C=O) groups is 1. The van der Waals surface area contributed by atoms with Crippen molar-refractivity contribution in [1.82, 2.24) is 5.32 Å². The Morgan fingerprint density at radius 1 is 1.10 bits per heavy atom. The summed E-state index contributed by atoms with van der Waals surface area (Å²) >= 11 is 0. The zero-order chi connectivity index (χ0) is 15.2. The van der Waals surface area contributed by atoms with Crippen LogP contribution >= 0.6 is 0 Å². The van der Waals surface area contributed by atoms with E-state index in [0.717, 1.165) is 5.56 Å². The average molecular weight is 283 g/mol. The zero-order valence-electron chi connectivity index (χ0n) is 12.7. The van der Waals surface area contributed by atoms with Crippen molar-refractivity contribution in [2.75, 3.05) is 0 Å². The van der Waals surface area contributed by atoms with Gasteiger partial charge in [-0.1, -0.05) is 42.0 Å². The van der Waals surface area contributed by atoms with Gasteiger partial charge in [0.25, 0.3) is 5.91 Å². The fraction of sp³-hybridized carbons (Fsp3) is 0.278. The molecular formula is C18H21NO2. The van der Waals surface area contributed by atoms with E-state index >= 15 is 0 Å². The molecule has 2 aromatic rings. The molecule has 0 fully saturated rings. The van der Waals surface area contributed by atoms with Crippen LogP contribution in [0.25, 0.3) is 0 Å². The fourth-order valence-electron chi connectivity index (χ4n) is 2.01. The topological polar surface area (TPSA) is 38.3 Å². The first-order valence-corrected chi connectivity index (χ1v) is 7.12.